The molecule has 2 N–H and O–H groups in total. The van der Waals surface area contributed by atoms with E-state index in [2.05, 4.69) is 10.9 Å². The third kappa shape index (κ3) is 3.31. The monoisotopic (exact) mass is 286 g/mol. The molecule has 110 valence electrons. The van der Waals surface area contributed by atoms with Crippen LogP contribution in [0, 0.1) is 27.7 Å². The zero-order valence-electron chi connectivity index (χ0n) is 12.5. The molecule has 1 aromatic heterocycles. The van der Waals surface area contributed by atoms with Crippen LogP contribution in [0.2, 0.25) is 0 Å². The van der Waals surface area contributed by atoms with Gasteiger partial charge in [0.1, 0.15) is 11.5 Å². The summed E-state index contributed by atoms with van der Waals surface area (Å²) in [7, 11) is 0. The highest BCUT2D eigenvalue weighted by Crippen LogP contribution is 2.13. The van der Waals surface area contributed by atoms with E-state index in [-0.39, 0.29) is 5.91 Å². The van der Waals surface area contributed by atoms with E-state index in [1.807, 2.05) is 19.9 Å². The summed E-state index contributed by atoms with van der Waals surface area (Å²) in [5, 5.41) is 0. The van der Waals surface area contributed by atoms with Gasteiger partial charge in [-0.25, -0.2) is 0 Å². The summed E-state index contributed by atoms with van der Waals surface area (Å²) in [4.78, 5) is 23.9. The van der Waals surface area contributed by atoms with Gasteiger partial charge in [0.25, 0.3) is 11.8 Å². The molecule has 0 aliphatic carbocycles. The lowest BCUT2D eigenvalue weighted by atomic mass is 10.1. The quantitative estimate of drug-likeness (QED) is 0.834. The minimum atomic E-state index is -0.401. The molecule has 1 aromatic carbocycles. The molecule has 1 heterocycles. The Morgan fingerprint density at radius 1 is 0.905 bits per heavy atom. The number of hydrazine groups is 1. The lowest BCUT2D eigenvalue weighted by Gasteiger charge is -2.08. The number of benzene rings is 1. The molecule has 0 unspecified atom stereocenters. The molecule has 5 heteroatoms. The zero-order chi connectivity index (χ0) is 15.6. The number of rotatable bonds is 2. The van der Waals surface area contributed by atoms with Gasteiger partial charge in [-0.1, -0.05) is 6.07 Å². The number of carbonyl (C=O) groups is 2. The van der Waals surface area contributed by atoms with Gasteiger partial charge in [0, 0.05) is 5.56 Å². The van der Waals surface area contributed by atoms with Crippen molar-refractivity contribution in [2.75, 3.05) is 0 Å². The highest BCUT2D eigenvalue weighted by molar-refractivity contribution is 5.99. The maximum absolute atomic E-state index is 12.0. The van der Waals surface area contributed by atoms with Crippen LogP contribution in [0.15, 0.2) is 28.7 Å². The fourth-order valence-electron chi connectivity index (χ4n) is 1.99. The molecule has 0 saturated carbocycles. The Bertz CT molecular complexity index is 702. The summed E-state index contributed by atoms with van der Waals surface area (Å²) >= 11 is 0. The number of furan rings is 1. The molecule has 0 fully saturated rings. The predicted octanol–water partition coefficient (Wildman–Crippen LogP) is 2.59. The van der Waals surface area contributed by atoms with Crippen LogP contribution in [0.25, 0.3) is 0 Å². The highest BCUT2D eigenvalue weighted by Gasteiger charge is 2.14. The lowest BCUT2D eigenvalue weighted by molar-refractivity contribution is 0.0845. The van der Waals surface area contributed by atoms with Crippen LogP contribution in [0.5, 0.6) is 0 Å². The second-order valence-corrected chi connectivity index (χ2v) is 5.03. The molecular weight excluding hydrogens is 268 g/mol. The van der Waals surface area contributed by atoms with Crippen LogP contribution in [-0.4, -0.2) is 11.8 Å². The average Bonchev–Trinajstić information content (AvgIpc) is 2.77. The number of carbonyl (C=O) groups excluding carboxylic acids is 2. The van der Waals surface area contributed by atoms with E-state index in [0.717, 1.165) is 11.1 Å². The molecule has 2 aromatic rings. The molecule has 0 atom stereocenters. The number of aryl methyl sites for hydroxylation is 4. The smallest absolute Gasteiger partial charge is 0.273 e. The second kappa shape index (κ2) is 5.83. The first kappa shape index (κ1) is 14.8. The van der Waals surface area contributed by atoms with Crippen LogP contribution >= 0.6 is 0 Å². The SMILES string of the molecule is Cc1cc(C(=O)NNC(=O)c2ccc(C)c(C)c2)c(C)o1. The average molecular weight is 286 g/mol. The van der Waals surface area contributed by atoms with Crippen molar-refractivity contribution in [3.05, 3.63) is 58.0 Å². The summed E-state index contributed by atoms with van der Waals surface area (Å²) in [6.07, 6.45) is 0. The van der Waals surface area contributed by atoms with Crippen LogP contribution in [0.1, 0.15) is 43.4 Å². The number of hydrogen-bond donors (Lipinski definition) is 2. The lowest BCUT2D eigenvalue weighted by Crippen LogP contribution is -2.41. The van der Waals surface area contributed by atoms with E-state index < -0.39 is 5.91 Å². The summed E-state index contributed by atoms with van der Waals surface area (Å²) < 4.78 is 5.28. The maximum Gasteiger partial charge on any atom is 0.273 e. The molecule has 0 bridgehead atoms. The second-order valence-electron chi connectivity index (χ2n) is 5.03. The van der Waals surface area contributed by atoms with Gasteiger partial charge in [-0.3, -0.25) is 20.4 Å². The van der Waals surface area contributed by atoms with Crippen LogP contribution < -0.4 is 10.9 Å². The molecule has 0 aliphatic heterocycles. The van der Waals surface area contributed by atoms with Crippen molar-refractivity contribution in [1.29, 1.82) is 0 Å². The van der Waals surface area contributed by atoms with Crippen molar-refractivity contribution in [3.63, 3.8) is 0 Å². The summed E-state index contributed by atoms with van der Waals surface area (Å²) in [6.45, 7) is 7.37. The van der Waals surface area contributed by atoms with Crippen LogP contribution in [0.4, 0.5) is 0 Å². The molecule has 21 heavy (non-hydrogen) atoms. The minimum Gasteiger partial charge on any atom is -0.466 e. The molecular formula is C16H18N2O3. The standard InChI is InChI=1S/C16H18N2O3/c1-9-5-6-13(7-10(9)2)15(19)17-18-16(20)14-8-11(3)21-12(14)4/h5-8H,1-4H3,(H,17,19)(H,18,20). The normalized spacial score (nSPS) is 10.3. The van der Waals surface area contributed by atoms with E-state index in [4.69, 9.17) is 4.42 Å². The number of nitrogens with one attached hydrogen (secondary N) is 2. The predicted molar refractivity (Wildman–Crippen MR) is 79.0 cm³/mol. The van der Waals surface area contributed by atoms with Gasteiger partial charge in [-0.2, -0.15) is 0 Å². The number of hydrogen-bond acceptors (Lipinski definition) is 3. The first-order valence-electron chi connectivity index (χ1n) is 6.63. The largest absolute Gasteiger partial charge is 0.466 e. The molecule has 0 spiro atoms. The molecule has 0 aliphatic rings. The van der Waals surface area contributed by atoms with Crippen LogP contribution in [0.3, 0.4) is 0 Å². The van der Waals surface area contributed by atoms with Crippen molar-refractivity contribution >= 4 is 11.8 Å². The Morgan fingerprint density at radius 2 is 1.57 bits per heavy atom. The topological polar surface area (TPSA) is 71.3 Å². The Labute approximate surface area is 123 Å². The Balaban J connectivity index is 2.02. The summed E-state index contributed by atoms with van der Waals surface area (Å²) in [6, 6.07) is 7.00. The molecule has 2 amide bonds. The van der Waals surface area contributed by atoms with Crippen molar-refractivity contribution in [2.45, 2.75) is 27.7 Å². The van der Waals surface area contributed by atoms with Gasteiger partial charge in [0.15, 0.2) is 0 Å². The zero-order valence-corrected chi connectivity index (χ0v) is 12.5. The first-order chi connectivity index (χ1) is 9.88. The van der Waals surface area contributed by atoms with Gasteiger partial charge in [-0.15, -0.1) is 0 Å². The van der Waals surface area contributed by atoms with Crippen LogP contribution in [-0.2, 0) is 0 Å². The number of amides is 2. The third-order valence-electron chi connectivity index (χ3n) is 3.34. The van der Waals surface area contributed by atoms with Crippen molar-refractivity contribution < 1.29 is 14.0 Å². The Hall–Kier alpha value is -2.56. The van der Waals surface area contributed by atoms with Crippen molar-refractivity contribution in [1.82, 2.24) is 10.9 Å². The van der Waals surface area contributed by atoms with Gasteiger partial charge >= 0.3 is 0 Å². The van der Waals surface area contributed by atoms with E-state index in [0.29, 0.717) is 22.6 Å². The van der Waals surface area contributed by atoms with E-state index in [1.54, 1.807) is 32.0 Å². The third-order valence-corrected chi connectivity index (χ3v) is 3.34. The van der Waals surface area contributed by atoms with Gasteiger partial charge in [0.05, 0.1) is 5.56 Å². The molecule has 0 radical (unpaired) electrons. The van der Waals surface area contributed by atoms with Gasteiger partial charge in [-0.05, 0) is 57.0 Å². The first-order valence-corrected chi connectivity index (χ1v) is 6.63. The highest BCUT2D eigenvalue weighted by atomic mass is 16.3. The van der Waals surface area contributed by atoms with E-state index in [9.17, 15) is 9.59 Å². The maximum atomic E-state index is 12.0. The molecule has 5 nitrogen and oxygen atoms in total. The summed E-state index contributed by atoms with van der Waals surface area (Å²) in [5.41, 5.74) is 7.83. The van der Waals surface area contributed by atoms with Crippen molar-refractivity contribution in [2.24, 2.45) is 0 Å². The van der Waals surface area contributed by atoms with Crippen molar-refractivity contribution in [3.8, 4) is 0 Å². The fraction of sp³-hybridized carbons (Fsp3) is 0.250. The summed E-state index contributed by atoms with van der Waals surface area (Å²) in [5.74, 6) is 0.411. The molecule has 0 saturated heterocycles. The minimum absolute atomic E-state index is 0.357. The van der Waals surface area contributed by atoms with Gasteiger partial charge < -0.3 is 4.42 Å². The Morgan fingerprint density at radius 3 is 2.14 bits per heavy atom. The fourth-order valence-corrected chi connectivity index (χ4v) is 1.99. The molecule has 2 rings (SSSR count). The van der Waals surface area contributed by atoms with E-state index in [1.165, 1.54) is 0 Å². The van der Waals surface area contributed by atoms with E-state index >= 15 is 0 Å². The Kier molecular flexibility index (Phi) is 4.12. The van der Waals surface area contributed by atoms with Gasteiger partial charge in [0.2, 0.25) is 0 Å².